The van der Waals surface area contributed by atoms with E-state index in [-0.39, 0.29) is 17.4 Å². The molecule has 2 aromatic rings. The van der Waals surface area contributed by atoms with Crippen molar-refractivity contribution in [1.29, 1.82) is 0 Å². The zero-order valence-electron chi connectivity index (χ0n) is 11.8. The summed E-state index contributed by atoms with van der Waals surface area (Å²) in [4.78, 5) is 4.42. The molecule has 21 heavy (non-hydrogen) atoms. The van der Waals surface area contributed by atoms with Crippen molar-refractivity contribution in [3.63, 3.8) is 0 Å². The second kappa shape index (κ2) is 6.12. The predicted molar refractivity (Wildman–Crippen MR) is 78.0 cm³/mol. The summed E-state index contributed by atoms with van der Waals surface area (Å²) in [5.74, 6) is 1.02. The zero-order chi connectivity index (χ0) is 14.8. The second-order valence-corrected chi connectivity index (χ2v) is 5.92. The van der Waals surface area contributed by atoms with Crippen LogP contribution in [0.3, 0.4) is 0 Å². The van der Waals surface area contributed by atoms with E-state index in [1.54, 1.807) is 12.1 Å². The first-order valence-electron chi connectivity index (χ1n) is 7.12. The maximum absolute atomic E-state index is 13.9. The van der Waals surface area contributed by atoms with Gasteiger partial charge in [0.1, 0.15) is 5.82 Å². The summed E-state index contributed by atoms with van der Waals surface area (Å²) in [6.07, 6.45) is 2.25. The Hall–Kier alpha value is -1.46. The molecular weight excluding hydrogens is 293 g/mol. The van der Waals surface area contributed by atoms with Gasteiger partial charge in [0.05, 0.1) is 5.02 Å². The number of piperidine rings is 1. The highest BCUT2D eigenvalue weighted by molar-refractivity contribution is 6.30. The van der Waals surface area contributed by atoms with Gasteiger partial charge in [0.2, 0.25) is 5.89 Å². The molecule has 1 aromatic heterocycles. The first kappa shape index (κ1) is 14.5. The Morgan fingerprint density at radius 1 is 1.48 bits per heavy atom. The van der Waals surface area contributed by atoms with E-state index in [9.17, 15) is 4.39 Å². The number of aromatic nitrogens is 2. The fraction of sp³-hybridized carbons (Fsp3) is 0.467. The number of benzene rings is 1. The maximum Gasteiger partial charge on any atom is 0.229 e. The van der Waals surface area contributed by atoms with Crippen molar-refractivity contribution in [2.24, 2.45) is 0 Å². The van der Waals surface area contributed by atoms with Crippen molar-refractivity contribution in [2.45, 2.75) is 38.1 Å². The van der Waals surface area contributed by atoms with Crippen molar-refractivity contribution in [1.82, 2.24) is 15.5 Å². The first-order chi connectivity index (χ1) is 10.1. The van der Waals surface area contributed by atoms with Gasteiger partial charge in [-0.1, -0.05) is 28.9 Å². The van der Waals surface area contributed by atoms with Gasteiger partial charge >= 0.3 is 0 Å². The molecule has 0 aliphatic carbocycles. The van der Waals surface area contributed by atoms with Gasteiger partial charge in [0.15, 0.2) is 5.82 Å². The fourth-order valence-corrected chi connectivity index (χ4v) is 2.91. The zero-order valence-corrected chi connectivity index (χ0v) is 12.5. The number of hydrogen-bond donors (Lipinski definition) is 1. The van der Waals surface area contributed by atoms with E-state index in [0.717, 1.165) is 19.4 Å². The molecule has 2 heterocycles. The summed E-state index contributed by atoms with van der Waals surface area (Å²) in [6.45, 7) is 3.09. The highest BCUT2D eigenvalue weighted by Crippen LogP contribution is 2.27. The third-order valence-electron chi connectivity index (χ3n) is 3.84. The molecule has 6 heteroatoms. The Kier molecular flexibility index (Phi) is 4.22. The number of hydrogen-bond acceptors (Lipinski definition) is 4. The van der Waals surface area contributed by atoms with Crippen LogP contribution in [0, 0.1) is 5.82 Å². The fourth-order valence-electron chi connectivity index (χ4n) is 2.72. The average molecular weight is 310 g/mol. The van der Waals surface area contributed by atoms with Crippen LogP contribution in [0.2, 0.25) is 5.02 Å². The van der Waals surface area contributed by atoms with Crippen LogP contribution in [0.15, 0.2) is 22.7 Å². The normalized spacial score (nSPS) is 22.4. The van der Waals surface area contributed by atoms with Gasteiger partial charge < -0.3 is 9.84 Å². The van der Waals surface area contributed by atoms with Gasteiger partial charge in [-0.3, -0.25) is 0 Å². The molecule has 2 unspecified atom stereocenters. The monoisotopic (exact) mass is 309 g/mol. The predicted octanol–water partition coefficient (Wildman–Crippen LogP) is 3.31. The Bertz CT molecular complexity index is 631. The minimum absolute atomic E-state index is 0.114. The van der Waals surface area contributed by atoms with Crippen LogP contribution in [0.4, 0.5) is 4.39 Å². The van der Waals surface area contributed by atoms with E-state index < -0.39 is 5.82 Å². The van der Waals surface area contributed by atoms with Crippen LogP contribution in [-0.4, -0.2) is 22.7 Å². The molecule has 1 fully saturated rings. The van der Waals surface area contributed by atoms with Crippen molar-refractivity contribution in [3.05, 3.63) is 46.3 Å². The molecule has 1 aliphatic rings. The Morgan fingerprint density at radius 2 is 2.33 bits per heavy atom. The maximum atomic E-state index is 13.9. The highest BCUT2D eigenvalue weighted by atomic mass is 35.5. The van der Waals surface area contributed by atoms with Crippen molar-refractivity contribution < 1.29 is 8.91 Å². The number of rotatable bonds is 3. The smallest absolute Gasteiger partial charge is 0.229 e. The molecule has 0 saturated carbocycles. The standard InChI is InChI=1S/C15H17ClFN3O/c1-9-7-11(5-6-18-9)15-19-13(20-21-15)8-10-3-2-4-12(16)14(10)17/h2-4,9,11,18H,5-8H2,1H3. The van der Waals surface area contributed by atoms with Gasteiger partial charge in [-0.2, -0.15) is 4.98 Å². The SMILES string of the molecule is CC1CC(c2nc(Cc3cccc(Cl)c3F)no2)CCN1. The lowest BCUT2D eigenvalue weighted by Gasteiger charge is -2.25. The van der Waals surface area contributed by atoms with E-state index >= 15 is 0 Å². The average Bonchev–Trinajstić information content (AvgIpc) is 2.93. The summed E-state index contributed by atoms with van der Waals surface area (Å²) in [5.41, 5.74) is 0.480. The summed E-state index contributed by atoms with van der Waals surface area (Å²) in [5, 5.41) is 7.47. The number of halogens is 2. The Morgan fingerprint density at radius 3 is 3.14 bits per heavy atom. The van der Waals surface area contributed by atoms with E-state index in [0.29, 0.717) is 23.3 Å². The van der Waals surface area contributed by atoms with E-state index in [4.69, 9.17) is 16.1 Å². The van der Waals surface area contributed by atoms with E-state index in [1.807, 2.05) is 0 Å². The van der Waals surface area contributed by atoms with Crippen LogP contribution in [0.1, 0.15) is 43.0 Å². The molecule has 1 N–H and O–H groups in total. The number of nitrogens with zero attached hydrogens (tertiary/aromatic N) is 2. The van der Waals surface area contributed by atoms with Gasteiger partial charge in [-0.15, -0.1) is 0 Å². The molecule has 112 valence electrons. The number of nitrogens with one attached hydrogen (secondary N) is 1. The minimum atomic E-state index is -0.416. The summed E-state index contributed by atoms with van der Waals surface area (Å²) < 4.78 is 19.2. The van der Waals surface area contributed by atoms with E-state index in [2.05, 4.69) is 22.4 Å². The van der Waals surface area contributed by atoms with Gasteiger partial charge in [0.25, 0.3) is 0 Å². The molecule has 2 atom stereocenters. The molecular formula is C15H17ClFN3O. The molecule has 0 radical (unpaired) electrons. The third-order valence-corrected chi connectivity index (χ3v) is 4.13. The molecule has 1 aromatic carbocycles. The molecule has 0 amide bonds. The largest absolute Gasteiger partial charge is 0.339 e. The first-order valence-corrected chi connectivity index (χ1v) is 7.50. The Labute approximate surface area is 127 Å². The molecule has 0 spiro atoms. The minimum Gasteiger partial charge on any atom is -0.339 e. The topological polar surface area (TPSA) is 51.0 Å². The lowest BCUT2D eigenvalue weighted by Crippen LogP contribution is -2.34. The van der Waals surface area contributed by atoms with Gasteiger partial charge in [-0.25, -0.2) is 4.39 Å². The Balaban J connectivity index is 1.74. The molecule has 3 rings (SSSR count). The third kappa shape index (κ3) is 3.24. The lowest BCUT2D eigenvalue weighted by atomic mass is 9.93. The van der Waals surface area contributed by atoms with Crippen LogP contribution in [-0.2, 0) is 6.42 Å². The summed E-state index contributed by atoms with van der Waals surface area (Å²) >= 11 is 5.78. The quantitative estimate of drug-likeness (QED) is 0.945. The molecule has 4 nitrogen and oxygen atoms in total. The second-order valence-electron chi connectivity index (χ2n) is 5.52. The van der Waals surface area contributed by atoms with Crippen molar-refractivity contribution in [3.8, 4) is 0 Å². The summed E-state index contributed by atoms with van der Waals surface area (Å²) in [7, 11) is 0. The van der Waals surface area contributed by atoms with Crippen molar-refractivity contribution in [2.75, 3.05) is 6.54 Å². The van der Waals surface area contributed by atoms with E-state index in [1.165, 1.54) is 6.07 Å². The van der Waals surface area contributed by atoms with Crippen LogP contribution < -0.4 is 5.32 Å². The van der Waals surface area contributed by atoms with Crippen molar-refractivity contribution >= 4 is 11.6 Å². The molecule has 1 saturated heterocycles. The highest BCUT2D eigenvalue weighted by Gasteiger charge is 2.25. The van der Waals surface area contributed by atoms with Gasteiger partial charge in [0, 0.05) is 18.4 Å². The van der Waals surface area contributed by atoms with Crippen LogP contribution >= 0.6 is 11.6 Å². The van der Waals surface area contributed by atoms with Crippen LogP contribution in [0.25, 0.3) is 0 Å². The molecule has 0 bridgehead atoms. The van der Waals surface area contributed by atoms with Gasteiger partial charge in [-0.05, 0) is 37.9 Å². The summed E-state index contributed by atoms with van der Waals surface area (Å²) in [6, 6.07) is 5.38. The van der Waals surface area contributed by atoms with Crippen LogP contribution in [0.5, 0.6) is 0 Å². The lowest BCUT2D eigenvalue weighted by molar-refractivity contribution is 0.294. The molecule has 1 aliphatic heterocycles.